The lowest BCUT2D eigenvalue weighted by atomic mass is 10.2. The number of nitrogens with zero attached hydrogens (tertiary/aromatic N) is 1. The minimum absolute atomic E-state index is 0.183. The van der Waals surface area contributed by atoms with E-state index in [2.05, 4.69) is 21.2 Å². The van der Waals surface area contributed by atoms with Crippen LogP contribution in [0.15, 0.2) is 51.8 Å². The van der Waals surface area contributed by atoms with Crippen LogP contribution in [0, 0.1) is 12.7 Å². The lowest BCUT2D eigenvalue weighted by Gasteiger charge is -2.13. The molecule has 1 heterocycles. The Hall–Kier alpha value is -2.45. The number of aryl methyl sites for hydroxylation is 1. The van der Waals surface area contributed by atoms with Gasteiger partial charge in [0.2, 0.25) is 5.91 Å². The van der Waals surface area contributed by atoms with Crippen LogP contribution in [-0.4, -0.2) is 28.5 Å². The summed E-state index contributed by atoms with van der Waals surface area (Å²) in [7, 11) is 0. The number of halogens is 2. The number of anilines is 1. The first kappa shape index (κ1) is 19.3. The summed E-state index contributed by atoms with van der Waals surface area (Å²) in [5, 5.41) is 2.17. The number of para-hydroxylation sites is 1. The summed E-state index contributed by atoms with van der Waals surface area (Å²) in [6, 6.07) is 11.5. The summed E-state index contributed by atoms with van der Waals surface area (Å²) in [5.74, 6) is -1.43. The van der Waals surface area contributed by atoms with Gasteiger partial charge in [-0.25, -0.2) is 4.39 Å². The van der Waals surface area contributed by atoms with E-state index in [0.29, 0.717) is 11.3 Å². The molecule has 0 spiro atoms. The van der Waals surface area contributed by atoms with Gasteiger partial charge in [0.05, 0.1) is 9.38 Å². The van der Waals surface area contributed by atoms with Crippen molar-refractivity contribution < 1.29 is 18.8 Å². The molecule has 1 saturated heterocycles. The van der Waals surface area contributed by atoms with Crippen LogP contribution in [-0.2, 0) is 9.59 Å². The number of carbonyl (C=O) groups excluding carboxylic acids is 3. The average Bonchev–Trinajstić information content (AvgIpc) is 2.88. The maximum Gasteiger partial charge on any atom is 0.294 e. The lowest BCUT2D eigenvalue weighted by Crippen LogP contribution is -2.36. The summed E-state index contributed by atoms with van der Waals surface area (Å²) in [5.41, 5.74) is 2.07. The third-order valence-corrected chi connectivity index (χ3v) is 5.35. The van der Waals surface area contributed by atoms with E-state index in [1.54, 1.807) is 12.1 Å². The first-order chi connectivity index (χ1) is 12.8. The van der Waals surface area contributed by atoms with Gasteiger partial charge in [0, 0.05) is 5.69 Å². The Morgan fingerprint density at radius 1 is 1.26 bits per heavy atom. The molecule has 0 unspecified atom stereocenters. The van der Waals surface area contributed by atoms with E-state index in [1.807, 2.05) is 19.1 Å². The van der Waals surface area contributed by atoms with E-state index in [-0.39, 0.29) is 15.9 Å². The fourth-order valence-corrected chi connectivity index (χ4v) is 3.67. The number of carbonyl (C=O) groups is 3. The molecule has 27 heavy (non-hydrogen) atoms. The van der Waals surface area contributed by atoms with Gasteiger partial charge >= 0.3 is 0 Å². The van der Waals surface area contributed by atoms with Crippen LogP contribution in [0.25, 0.3) is 6.08 Å². The van der Waals surface area contributed by atoms with Crippen molar-refractivity contribution in [3.8, 4) is 0 Å². The predicted molar refractivity (Wildman–Crippen MR) is 107 cm³/mol. The minimum atomic E-state index is -0.551. The van der Waals surface area contributed by atoms with Gasteiger partial charge in [-0.05, 0) is 70.0 Å². The SMILES string of the molecule is Cc1ccccc1NC(=O)CN1C(=O)S/C(=C/c2ccc(F)c(Br)c2)C1=O. The molecule has 0 bridgehead atoms. The molecule has 0 atom stereocenters. The Morgan fingerprint density at radius 2 is 2.00 bits per heavy atom. The van der Waals surface area contributed by atoms with Gasteiger partial charge in [0.1, 0.15) is 12.4 Å². The zero-order valence-electron chi connectivity index (χ0n) is 14.2. The molecule has 1 aliphatic heterocycles. The number of amides is 3. The zero-order valence-corrected chi connectivity index (χ0v) is 16.6. The second-order valence-electron chi connectivity index (χ2n) is 5.80. The van der Waals surface area contributed by atoms with Crippen molar-refractivity contribution in [2.75, 3.05) is 11.9 Å². The second kappa shape index (κ2) is 8.06. The summed E-state index contributed by atoms with van der Waals surface area (Å²) in [4.78, 5) is 37.9. The van der Waals surface area contributed by atoms with Crippen molar-refractivity contribution in [2.45, 2.75) is 6.92 Å². The van der Waals surface area contributed by atoms with Crippen LogP contribution in [0.1, 0.15) is 11.1 Å². The van der Waals surface area contributed by atoms with Crippen molar-refractivity contribution in [1.82, 2.24) is 4.90 Å². The molecule has 138 valence electrons. The van der Waals surface area contributed by atoms with Gasteiger partial charge in [-0.15, -0.1) is 0 Å². The van der Waals surface area contributed by atoms with Crippen molar-refractivity contribution in [1.29, 1.82) is 0 Å². The molecule has 1 fully saturated rings. The Bertz CT molecular complexity index is 977. The van der Waals surface area contributed by atoms with Gasteiger partial charge in [0.25, 0.3) is 11.1 Å². The van der Waals surface area contributed by atoms with Gasteiger partial charge in [0.15, 0.2) is 0 Å². The quantitative estimate of drug-likeness (QED) is 0.695. The molecule has 1 aliphatic rings. The fourth-order valence-electron chi connectivity index (χ4n) is 2.44. The van der Waals surface area contributed by atoms with Crippen molar-refractivity contribution >= 4 is 56.5 Å². The average molecular weight is 449 g/mol. The maximum absolute atomic E-state index is 13.3. The van der Waals surface area contributed by atoms with Crippen LogP contribution in [0.2, 0.25) is 0 Å². The summed E-state index contributed by atoms with van der Waals surface area (Å²) in [6.07, 6.45) is 1.49. The maximum atomic E-state index is 13.3. The van der Waals surface area contributed by atoms with Crippen LogP contribution >= 0.6 is 27.7 Å². The fraction of sp³-hybridized carbons (Fsp3) is 0.105. The van der Waals surface area contributed by atoms with E-state index in [1.165, 1.54) is 24.3 Å². The van der Waals surface area contributed by atoms with Gasteiger partial charge < -0.3 is 5.32 Å². The molecular weight excluding hydrogens is 435 g/mol. The number of hydrogen-bond acceptors (Lipinski definition) is 4. The second-order valence-corrected chi connectivity index (χ2v) is 7.65. The number of thioether (sulfide) groups is 1. The first-order valence-electron chi connectivity index (χ1n) is 7.91. The van der Waals surface area contributed by atoms with Crippen LogP contribution in [0.4, 0.5) is 14.9 Å². The van der Waals surface area contributed by atoms with E-state index in [4.69, 9.17) is 0 Å². The molecular formula is C19H14BrFN2O3S. The Morgan fingerprint density at radius 3 is 2.70 bits per heavy atom. The van der Waals surface area contributed by atoms with Gasteiger partial charge in [-0.1, -0.05) is 24.3 Å². The van der Waals surface area contributed by atoms with E-state index < -0.39 is 22.9 Å². The van der Waals surface area contributed by atoms with Crippen molar-refractivity contribution in [3.63, 3.8) is 0 Å². The van der Waals surface area contributed by atoms with Crippen molar-refractivity contribution in [2.24, 2.45) is 0 Å². The van der Waals surface area contributed by atoms with E-state index in [0.717, 1.165) is 22.2 Å². The molecule has 5 nitrogen and oxygen atoms in total. The van der Waals surface area contributed by atoms with E-state index in [9.17, 15) is 18.8 Å². The monoisotopic (exact) mass is 448 g/mol. The molecule has 1 N–H and O–H groups in total. The topological polar surface area (TPSA) is 66.5 Å². The molecule has 2 aromatic rings. The molecule has 8 heteroatoms. The number of imide groups is 1. The van der Waals surface area contributed by atoms with Crippen LogP contribution in [0.3, 0.4) is 0 Å². The number of rotatable bonds is 4. The van der Waals surface area contributed by atoms with Gasteiger partial charge in [-0.2, -0.15) is 0 Å². The molecule has 3 rings (SSSR count). The zero-order chi connectivity index (χ0) is 19.6. The van der Waals surface area contributed by atoms with Crippen LogP contribution < -0.4 is 5.32 Å². The van der Waals surface area contributed by atoms with Crippen LogP contribution in [0.5, 0.6) is 0 Å². The summed E-state index contributed by atoms with van der Waals surface area (Å²) in [6.45, 7) is 1.47. The highest BCUT2D eigenvalue weighted by Gasteiger charge is 2.36. The Kier molecular flexibility index (Phi) is 5.76. The molecule has 0 aliphatic carbocycles. The molecule has 2 aromatic carbocycles. The standard InChI is InChI=1S/C19H14BrFN2O3S/c1-11-4-2-3-5-15(11)22-17(24)10-23-18(25)16(27-19(23)26)9-12-6-7-14(21)13(20)8-12/h2-9H,10H2,1H3,(H,22,24)/b16-9+. The van der Waals surface area contributed by atoms with E-state index >= 15 is 0 Å². The molecule has 0 saturated carbocycles. The number of hydrogen-bond donors (Lipinski definition) is 1. The van der Waals surface area contributed by atoms with Crippen molar-refractivity contribution in [3.05, 3.63) is 68.8 Å². The highest BCUT2D eigenvalue weighted by molar-refractivity contribution is 9.10. The highest BCUT2D eigenvalue weighted by Crippen LogP contribution is 2.32. The lowest BCUT2D eigenvalue weighted by molar-refractivity contribution is -0.127. The minimum Gasteiger partial charge on any atom is -0.324 e. The number of nitrogens with one attached hydrogen (secondary N) is 1. The molecule has 0 radical (unpaired) electrons. The largest absolute Gasteiger partial charge is 0.324 e. The molecule has 3 amide bonds. The highest BCUT2D eigenvalue weighted by atomic mass is 79.9. The summed E-state index contributed by atoms with van der Waals surface area (Å²) < 4.78 is 13.6. The molecule has 0 aromatic heterocycles. The van der Waals surface area contributed by atoms with Gasteiger partial charge in [-0.3, -0.25) is 19.3 Å². The summed E-state index contributed by atoms with van der Waals surface area (Å²) >= 11 is 3.83. The Labute approximate surface area is 167 Å². The third kappa shape index (κ3) is 4.45. The smallest absolute Gasteiger partial charge is 0.294 e. The normalized spacial score (nSPS) is 15.5. The third-order valence-electron chi connectivity index (χ3n) is 3.84. The number of benzene rings is 2. The predicted octanol–water partition coefficient (Wildman–Crippen LogP) is 4.57. The Balaban J connectivity index is 1.72. The first-order valence-corrected chi connectivity index (χ1v) is 9.52.